The molecule has 16 heavy (non-hydrogen) atoms. The Morgan fingerprint density at radius 1 is 1.44 bits per heavy atom. The molecule has 0 aromatic heterocycles. The van der Waals surface area contributed by atoms with E-state index in [0.29, 0.717) is 13.0 Å². The normalized spacial score (nSPS) is 32.6. The topological polar surface area (TPSA) is 20.3 Å². The molecule has 0 aromatic rings. The van der Waals surface area contributed by atoms with Crippen LogP contribution < -0.4 is 0 Å². The standard InChI is InChI=1S/C11H16ClF2NO/c12-5-3-10(16)15-6-8-2-1-4-11(13,14)9(8)7-15/h8-9H,1-7H2/t8-,9+/m0/s1. The molecule has 2 fully saturated rings. The lowest BCUT2D eigenvalue weighted by Gasteiger charge is -2.32. The Bertz CT molecular complexity index is 285. The molecule has 0 aromatic carbocycles. The average molecular weight is 252 g/mol. The fourth-order valence-electron chi connectivity index (χ4n) is 2.87. The van der Waals surface area contributed by atoms with Crippen LogP contribution in [0.15, 0.2) is 0 Å². The van der Waals surface area contributed by atoms with Gasteiger partial charge in [0.25, 0.3) is 5.92 Å². The summed E-state index contributed by atoms with van der Waals surface area (Å²) in [4.78, 5) is 13.2. The number of amides is 1. The van der Waals surface area contributed by atoms with Crippen molar-refractivity contribution in [3.63, 3.8) is 0 Å². The Morgan fingerprint density at radius 3 is 2.81 bits per heavy atom. The van der Waals surface area contributed by atoms with Crippen LogP contribution in [0, 0.1) is 11.8 Å². The van der Waals surface area contributed by atoms with Gasteiger partial charge in [0.2, 0.25) is 5.91 Å². The fraction of sp³-hybridized carbons (Fsp3) is 0.909. The summed E-state index contributed by atoms with van der Waals surface area (Å²) in [5.74, 6) is -3.04. The molecule has 1 amide bonds. The summed E-state index contributed by atoms with van der Waals surface area (Å²) in [6.07, 6.45) is 1.63. The van der Waals surface area contributed by atoms with Crippen molar-refractivity contribution in [3.05, 3.63) is 0 Å². The Labute approximate surface area is 98.9 Å². The molecule has 0 N–H and O–H groups in total. The summed E-state index contributed by atoms with van der Waals surface area (Å²) in [5.41, 5.74) is 0. The van der Waals surface area contributed by atoms with Gasteiger partial charge in [-0.25, -0.2) is 8.78 Å². The second kappa shape index (κ2) is 4.47. The van der Waals surface area contributed by atoms with E-state index >= 15 is 0 Å². The highest BCUT2D eigenvalue weighted by Gasteiger charge is 2.51. The van der Waals surface area contributed by atoms with Gasteiger partial charge in [0, 0.05) is 37.7 Å². The van der Waals surface area contributed by atoms with Crippen LogP contribution in [0.3, 0.4) is 0 Å². The first-order valence-electron chi connectivity index (χ1n) is 5.76. The number of nitrogens with zero attached hydrogens (tertiary/aromatic N) is 1. The highest BCUT2D eigenvalue weighted by Crippen LogP contribution is 2.45. The third kappa shape index (κ3) is 2.17. The van der Waals surface area contributed by atoms with Crippen LogP contribution in [0.25, 0.3) is 0 Å². The number of likely N-dealkylation sites (tertiary alicyclic amines) is 1. The number of rotatable bonds is 2. The maximum atomic E-state index is 13.6. The molecule has 2 nitrogen and oxygen atoms in total. The van der Waals surface area contributed by atoms with E-state index in [0.717, 1.165) is 6.42 Å². The molecule has 0 radical (unpaired) electrons. The first kappa shape index (κ1) is 12.1. The first-order valence-corrected chi connectivity index (χ1v) is 6.29. The third-order valence-electron chi connectivity index (χ3n) is 3.73. The zero-order valence-electron chi connectivity index (χ0n) is 9.09. The quantitative estimate of drug-likeness (QED) is 0.691. The van der Waals surface area contributed by atoms with Crippen molar-refractivity contribution in [2.24, 2.45) is 11.8 Å². The Kier molecular flexibility index (Phi) is 3.38. The maximum absolute atomic E-state index is 13.6. The molecule has 1 saturated carbocycles. The summed E-state index contributed by atoms with van der Waals surface area (Å²) in [5, 5.41) is 0. The van der Waals surface area contributed by atoms with Gasteiger partial charge in [-0.2, -0.15) is 0 Å². The number of hydrogen-bond donors (Lipinski definition) is 0. The van der Waals surface area contributed by atoms with E-state index < -0.39 is 11.8 Å². The molecular weight excluding hydrogens is 236 g/mol. The predicted molar refractivity (Wildman–Crippen MR) is 57.7 cm³/mol. The summed E-state index contributed by atoms with van der Waals surface area (Å²) >= 11 is 5.49. The van der Waals surface area contributed by atoms with E-state index in [1.165, 1.54) is 0 Å². The Hall–Kier alpha value is -0.380. The molecule has 92 valence electrons. The van der Waals surface area contributed by atoms with E-state index in [-0.39, 0.29) is 37.1 Å². The molecule has 1 heterocycles. The first-order chi connectivity index (χ1) is 7.54. The Morgan fingerprint density at radius 2 is 2.19 bits per heavy atom. The van der Waals surface area contributed by atoms with Crippen LogP contribution in [0.4, 0.5) is 8.78 Å². The summed E-state index contributed by atoms with van der Waals surface area (Å²) in [7, 11) is 0. The molecule has 5 heteroatoms. The van der Waals surface area contributed by atoms with Gasteiger partial charge in [-0.3, -0.25) is 4.79 Å². The van der Waals surface area contributed by atoms with E-state index in [1.807, 2.05) is 0 Å². The van der Waals surface area contributed by atoms with Gasteiger partial charge in [0.05, 0.1) is 0 Å². The minimum absolute atomic E-state index is 0.0111. The largest absolute Gasteiger partial charge is 0.342 e. The molecule has 0 spiro atoms. The zero-order chi connectivity index (χ0) is 11.8. The van der Waals surface area contributed by atoms with Crippen LogP contribution in [0.1, 0.15) is 25.7 Å². The second-order valence-electron chi connectivity index (χ2n) is 4.76. The number of carbonyl (C=O) groups is 1. The van der Waals surface area contributed by atoms with Crippen LogP contribution in [0.5, 0.6) is 0 Å². The van der Waals surface area contributed by atoms with E-state index in [4.69, 9.17) is 11.6 Å². The molecule has 1 saturated heterocycles. The summed E-state index contributed by atoms with van der Waals surface area (Å²) in [6, 6.07) is 0. The molecule has 2 aliphatic rings. The lowest BCUT2D eigenvalue weighted by atomic mass is 9.79. The average Bonchev–Trinajstić information content (AvgIpc) is 2.63. The molecule has 2 rings (SSSR count). The lowest BCUT2D eigenvalue weighted by molar-refractivity contribution is -0.130. The van der Waals surface area contributed by atoms with Crippen molar-refractivity contribution in [2.45, 2.75) is 31.6 Å². The zero-order valence-corrected chi connectivity index (χ0v) is 9.85. The van der Waals surface area contributed by atoms with Crippen LogP contribution in [-0.4, -0.2) is 35.7 Å². The lowest BCUT2D eigenvalue weighted by Crippen LogP contribution is -2.38. The van der Waals surface area contributed by atoms with Gasteiger partial charge in [-0.1, -0.05) is 0 Å². The summed E-state index contributed by atoms with van der Waals surface area (Å²) in [6.45, 7) is 0.712. The monoisotopic (exact) mass is 251 g/mol. The molecule has 1 aliphatic carbocycles. The number of halogens is 3. The minimum atomic E-state index is -2.58. The third-order valence-corrected chi connectivity index (χ3v) is 3.92. The summed E-state index contributed by atoms with van der Waals surface area (Å²) < 4.78 is 27.2. The predicted octanol–water partition coefficient (Wildman–Crippen LogP) is 2.51. The van der Waals surface area contributed by atoms with Gasteiger partial charge in [0.15, 0.2) is 0 Å². The van der Waals surface area contributed by atoms with Crippen molar-refractivity contribution >= 4 is 17.5 Å². The van der Waals surface area contributed by atoms with Crippen molar-refractivity contribution in [3.8, 4) is 0 Å². The molecule has 2 atom stereocenters. The van der Waals surface area contributed by atoms with Gasteiger partial charge >= 0.3 is 0 Å². The number of alkyl halides is 3. The van der Waals surface area contributed by atoms with E-state index in [9.17, 15) is 13.6 Å². The smallest absolute Gasteiger partial charge is 0.252 e. The van der Waals surface area contributed by atoms with E-state index in [2.05, 4.69) is 0 Å². The SMILES string of the molecule is O=C(CCCl)N1C[C@@H]2CCCC(F)(F)[C@@H]2C1. The fourth-order valence-corrected chi connectivity index (χ4v) is 3.03. The van der Waals surface area contributed by atoms with Crippen molar-refractivity contribution in [1.82, 2.24) is 4.90 Å². The number of carbonyl (C=O) groups excluding carboxylic acids is 1. The molecule has 1 aliphatic heterocycles. The molecule has 0 bridgehead atoms. The minimum Gasteiger partial charge on any atom is -0.342 e. The van der Waals surface area contributed by atoms with Crippen molar-refractivity contribution in [1.29, 1.82) is 0 Å². The van der Waals surface area contributed by atoms with Gasteiger partial charge in [-0.15, -0.1) is 11.6 Å². The molecular formula is C11H16ClF2NO. The van der Waals surface area contributed by atoms with Gasteiger partial charge in [-0.05, 0) is 18.8 Å². The van der Waals surface area contributed by atoms with Crippen molar-refractivity contribution in [2.75, 3.05) is 19.0 Å². The van der Waals surface area contributed by atoms with Crippen LogP contribution >= 0.6 is 11.6 Å². The Balaban J connectivity index is 2.02. The molecule has 0 unspecified atom stereocenters. The number of fused-ring (bicyclic) bond motifs is 1. The highest BCUT2D eigenvalue weighted by atomic mass is 35.5. The van der Waals surface area contributed by atoms with Crippen LogP contribution in [0.2, 0.25) is 0 Å². The van der Waals surface area contributed by atoms with Gasteiger partial charge in [0.1, 0.15) is 0 Å². The van der Waals surface area contributed by atoms with Crippen molar-refractivity contribution < 1.29 is 13.6 Å². The second-order valence-corrected chi connectivity index (χ2v) is 5.14. The number of hydrogen-bond acceptors (Lipinski definition) is 1. The van der Waals surface area contributed by atoms with E-state index in [1.54, 1.807) is 4.90 Å². The maximum Gasteiger partial charge on any atom is 0.252 e. The highest BCUT2D eigenvalue weighted by molar-refractivity contribution is 6.18. The van der Waals surface area contributed by atoms with Crippen LogP contribution in [-0.2, 0) is 4.79 Å². The van der Waals surface area contributed by atoms with Gasteiger partial charge < -0.3 is 4.90 Å².